The van der Waals surface area contributed by atoms with Crippen LogP contribution in [-0.4, -0.2) is 55.4 Å². The Kier molecular flexibility index (Phi) is 6.97. The molecule has 2 aliphatic rings. The number of nitrogens with zero attached hydrogens (tertiary/aromatic N) is 1. The van der Waals surface area contributed by atoms with Gasteiger partial charge < -0.3 is 24.2 Å². The molecule has 2 aliphatic heterocycles. The van der Waals surface area contributed by atoms with Crippen molar-refractivity contribution in [2.45, 2.75) is 37.5 Å². The number of para-hydroxylation sites is 1. The lowest BCUT2D eigenvalue weighted by atomic mass is 9.74. The number of carboxylic acid groups (broad SMARTS) is 1. The minimum atomic E-state index is -0.730. The van der Waals surface area contributed by atoms with Crippen LogP contribution in [0.1, 0.15) is 37.7 Å². The van der Waals surface area contributed by atoms with Crippen molar-refractivity contribution in [2.24, 2.45) is 0 Å². The Labute approximate surface area is 183 Å². The molecular formula is C25H31NO5. The zero-order chi connectivity index (χ0) is 21.5. The van der Waals surface area contributed by atoms with Crippen molar-refractivity contribution in [3.63, 3.8) is 0 Å². The molecule has 31 heavy (non-hydrogen) atoms. The summed E-state index contributed by atoms with van der Waals surface area (Å²) in [5.41, 5.74) is 1.33. The van der Waals surface area contributed by atoms with E-state index >= 15 is 0 Å². The normalized spacial score (nSPS) is 17.2. The van der Waals surface area contributed by atoms with Gasteiger partial charge in [0.25, 0.3) is 0 Å². The Bertz CT molecular complexity index is 861. The molecule has 0 aliphatic carbocycles. The molecule has 0 amide bonds. The number of aliphatic carboxylic acids is 1. The van der Waals surface area contributed by atoms with E-state index in [4.69, 9.17) is 19.3 Å². The Morgan fingerprint density at radius 2 is 1.71 bits per heavy atom. The molecule has 1 spiro atoms. The highest BCUT2D eigenvalue weighted by atomic mass is 16.5. The third-order valence-corrected chi connectivity index (χ3v) is 6.30. The second-order valence-corrected chi connectivity index (χ2v) is 8.43. The molecule has 2 heterocycles. The largest absolute Gasteiger partial charge is 0.494 e. The first-order valence-electron chi connectivity index (χ1n) is 11.2. The lowest BCUT2D eigenvalue weighted by Crippen LogP contribution is -2.44. The first-order valence-corrected chi connectivity index (χ1v) is 11.2. The lowest BCUT2D eigenvalue weighted by Gasteiger charge is -2.38. The van der Waals surface area contributed by atoms with E-state index in [9.17, 15) is 4.79 Å². The number of piperidine rings is 1. The quantitative estimate of drug-likeness (QED) is 0.578. The van der Waals surface area contributed by atoms with Gasteiger partial charge in [-0.25, -0.2) is 0 Å². The van der Waals surface area contributed by atoms with Crippen molar-refractivity contribution in [3.8, 4) is 17.2 Å². The summed E-state index contributed by atoms with van der Waals surface area (Å²) < 4.78 is 17.7. The molecule has 4 rings (SSSR count). The van der Waals surface area contributed by atoms with Crippen LogP contribution < -0.4 is 14.2 Å². The summed E-state index contributed by atoms with van der Waals surface area (Å²) in [6.45, 7) is 4.50. The Hall–Kier alpha value is -2.73. The van der Waals surface area contributed by atoms with Crippen molar-refractivity contribution < 1.29 is 24.1 Å². The molecule has 0 aromatic heterocycles. The van der Waals surface area contributed by atoms with Crippen LogP contribution in [0.15, 0.2) is 48.5 Å². The van der Waals surface area contributed by atoms with Crippen LogP contribution in [0.25, 0.3) is 0 Å². The van der Waals surface area contributed by atoms with Crippen molar-refractivity contribution in [1.82, 2.24) is 4.90 Å². The van der Waals surface area contributed by atoms with Gasteiger partial charge in [-0.1, -0.05) is 24.3 Å². The number of hydrogen-bond donors (Lipinski definition) is 1. The number of ether oxygens (including phenoxy) is 3. The predicted octanol–water partition coefficient (Wildman–Crippen LogP) is 4.13. The minimum absolute atomic E-state index is 0.0579. The molecule has 2 aromatic carbocycles. The molecule has 2 aromatic rings. The molecule has 0 radical (unpaired) electrons. The van der Waals surface area contributed by atoms with Crippen LogP contribution in [0.3, 0.4) is 0 Å². The molecule has 166 valence electrons. The SMILES string of the molecule is O=C(O)CCN1CCC2(CC1)COc1cc(OCCCCOc3ccccc3)ccc12. The fourth-order valence-corrected chi connectivity index (χ4v) is 4.42. The van der Waals surface area contributed by atoms with E-state index in [1.54, 1.807) is 0 Å². The smallest absolute Gasteiger partial charge is 0.304 e. The summed E-state index contributed by atoms with van der Waals surface area (Å²) in [5, 5.41) is 8.89. The Morgan fingerprint density at radius 3 is 2.42 bits per heavy atom. The second-order valence-electron chi connectivity index (χ2n) is 8.43. The van der Waals surface area contributed by atoms with Gasteiger partial charge in [-0.3, -0.25) is 4.79 Å². The van der Waals surface area contributed by atoms with Gasteiger partial charge in [-0.2, -0.15) is 0 Å². The zero-order valence-electron chi connectivity index (χ0n) is 17.9. The number of rotatable bonds is 10. The first kappa shape index (κ1) is 21.5. The van der Waals surface area contributed by atoms with Gasteiger partial charge in [0, 0.05) is 23.6 Å². The summed E-state index contributed by atoms with van der Waals surface area (Å²) in [5.74, 6) is 1.95. The number of hydrogen-bond acceptors (Lipinski definition) is 5. The van der Waals surface area contributed by atoms with Gasteiger partial charge in [-0.15, -0.1) is 0 Å². The minimum Gasteiger partial charge on any atom is -0.494 e. The van der Waals surface area contributed by atoms with Crippen LogP contribution >= 0.6 is 0 Å². The van der Waals surface area contributed by atoms with Crippen molar-refractivity contribution in [3.05, 3.63) is 54.1 Å². The Morgan fingerprint density at radius 1 is 1.00 bits per heavy atom. The van der Waals surface area contributed by atoms with Crippen molar-refractivity contribution in [2.75, 3.05) is 39.5 Å². The number of likely N-dealkylation sites (tertiary alicyclic amines) is 1. The maximum absolute atomic E-state index is 10.8. The average molecular weight is 426 g/mol. The topological polar surface area (TPSA) is 68.2 Å². The second kappa shape index (κ2) is 10.1. The predicted molar refractivity (Wildman–Crippen MR) is 118 cm³/mol. The van der Waals surface area contributed by atoms with Crippen LogP contribution in [-0.2, 0) is 10.2 Å². The number of carbonyl (C=O) groups is 1. The van der Waals surface area contributed by atoms with Crippen molar-refractivity contribution in [1.29, 1.82) is 0 Å². The summed E-state index contributed by atoms with van der Waals surface area (Å²) in [4.78, 5) is 13.1. The van der Waals surface area contributed by atoms with Gasteiger partial charge in [0.15, 0.2) is 0 Å². The third-order valence-electron chi connectivity index (χ3n) is 6.30. The monoisotopic (exact) mass is 425 g/mol. The fourth-order valence-electron chi connectivity index (χ4n) is 4.42. The highest BCUT2D eigenvalue weighted by Gasteiger charge is 2.43. The number of unbranched alkanes of at least 4 members (excludes halogenated alkanes) is 1. The van der Waals surface area contributed by atoms with Crippen molar-refractivity contribution >= 4 is 5.97 Å². The molecule has 6 nitrogen and oxygen atoms in total. The molecule has 0 unspecified atom stereocenters. The molecular weight excluding hydrogens is 394 g/mol. The summed E-state index contributed by atoms with van der Waals surface area (Å²) in [7, 11) is 0. The molecule has 1 saturated heterocycles. The van der Waals surface area contributed by atoms with Crippen LogP contribution in [0.2, 0.25) is 0 Å². The molecule has 6 heteroatoms. The fraction of sp³-hybridized carbons (Fsp3) is 0.480. The average Bonchev–Trinajstić information content (AvgIpc) is 3.14. The van der Waals surface area contributed by atoms with Crippen LogP contribution in [0, 0.1) is 0 Å². The maximum atomic E-state index is 10.8. The van der Waals surface area contributed by atoms with E-state index in [1.807, 2.05) is 42.5 Å². The third kappa shape index (κ3) is 5.50. The standard InChI is InChI=1S/C25H31NO5/c27-24(28)10-13-26-14-11-25(12-15-26)19-31-23-18-21(8-9-22(23)25)30-17-5-4-16-29-20-6-2-1-3-7-20/h1-3,6-9,18H,4-5,10-17,19H2,(H,27,28). The van der Waals surface area contributed by atoms with E-state index < -0.39 is 5.97 Å². The van der Waals surface area contributed by atoms with Gasteiger partial charge in [-0.05, 0) is 57.0 Å². The van der Waals surface area contributed by atoms with E-state index in [0.29, 0.717) is 26.4 Å². The van der Waals surface area contributed by atoms with Crippen LogP contribution in [0.4, 0.5) is 0 Å². The number of benzene rings is 2. The van der Waals surface area contributed by atoms with Gasteiger partial charge in [0.2, 0.25) is 0 Å². The first-order chi connectivity index (χ1) is 15.1. The molecule has 1 N–H and O–H groups in total. The highest BCUT2D eigenvalue weighted by Crippen LogP contribution is 2.46. The Balaban J connectivity index is 1.21. The molecule has 1 fully saturated rings. The van der Waals surface area contributed by atoms with Crippen LogP contribution in [0.5, 0.6) is 17.2 Å². The summed E-state index contributed by atoms with van der Waals surface area (Å²) >= 11 is 0. The van der Waals surface area contributed by atoms with E-state index in [2.05, 4.69) is 11.0 Å². The number of fused-ring (bicyclic) bond motifs is 2. The number of carboxylic acids is 1. The van der Waals surface area contributed by atoms with Gasteiger partial charge in [0.1, 0.15) is 17.2 Å². The van der Waals surface area contributed by atoms with E-state index in [-0.39, 0.29) is 11.8 Å². The zero-order valence-corrected chi connectivity index (χ0v) is 17.9. The lowest BCUT2D eigenvalue weighted by molar-refractivity contribution is -0.137. The molecule has 0 saturated carbocycles. The van der Waals surface area contributed by atoms with Gasteiger partial charge in [0.05, 0.1) is 26.2 Å². The van der Waals surface area contributed by atoms with E-state index in [0.717, 1.165) is 56.0 Å². The molecule has 0 bridgehead atoms. The molecule has 0 atom stereocenters. The van der Waals surface area contributed by atoms with E-state index in [1.165, 1.54) is 5.56 Å². The highest BCUT2D eigenvalue weighted by molar-refractivity contribution is 5.66. The summed E-state index contributed by atoms with van der Waals surface area (Å²) in [6.07, 6.45) is 4.08. The summed E-state index contributed by atoms with van der Waals surface area (Å²) in [6, 6.07) is 16.1. The van der Waals surface area contributed by atoms with Gasteiger partial charge >= 0.3 is 5.97 Å². The maximum Gasteiger partial charge on any atom is 0.304 e.